The van der Waals surface area contributed by atoms with Gasteiger partial charge in [-0.25, -0.2) is 0 Å². The molecular weight excluding hydrogens is 272 g/mol. The van der Waals surface area contributed by atoms with Crippen LogP contribution in [0.3, 0.4) is 0 Å². The molecule has 2 aromatic rings. The van der Waals surface area contributed by atoms with Crippen LogP contribution < -0.4 is 10.6 Å². The van der Waals surface area contributed by atoms with Crippen molar-refractivity contribution in [2.24, 2.45) is 5.73 Å². The number of benzene rings is 2. The summed E-state index contributed by atoms with van der Waals surface area (Å²) in [6, 6.07) is 13.6. The van der Waals surface area contributed by atoms with Crippen LogP contribution in [0.25, 0.3) is 0 Å². The molecule has 0 fully saturated rings. The van der Waals surface area contributed by atoms with Crippen molar-refractivity contribution in [3.05, 3.63) is 64.7 Å². The number of nitrogens with two attached hydrogens (primary N) is 1. The maximum absolute atomic E-state index is 12.5. The molecule has 3 nitrogen and oxygen atoms in total. The Labute approximate surface area is 133 Å². The second-order valence-electron chi connectivity index (χ2n) is 5.05. The summed E-state index contributed by atoms with van der Waals surface area (Å²) in [5.74, 6) is -0.0134. The summed E-state index contributed by atoms with van der Waals surface area (Å²) in [6.45, 7) is 8.50. The van der Waals surface area contributed by atoms with Crippen LogP contribution in [0.1, 0.15) is 40.9 Å². The monoisotopic (exact) mass is 298 g/mol. The summed E-state index contributed by atoms with van der Waals surface area (Å²) in [7, 11) is 1.79. The third-order valence-electron chi connectivity index (χ3n) is 3.54. The molecule has 0 saturated heterocycles. The van der Waals surface area contributed by atoms with Gasteiger partial charge in [0.15, 0.2) is 0 Å². The summed E-state index contributed by atoms with van der Waals surface area (Å²) in [5, 5.41) is 0. The lowest BCUT2D eigenvalue weighted by atomic mass is 10.0. The van der Waals surface area contributed by atoms with E-state index in [1.54, 1.807) is 11.9 Å². The van der Waals surface area contributed by atoms with Gasteiger partial charge in [-0.2, -0.15) is 0 Å². The zero-order chi connectivity index (χ0) is 16.7. The molecule has 1 amide bonds. The van der Waals surface area contributed by atoms with Crippen molar-refractivity contribution in [2.75, 3.05) is 11.9 Å². The molecule has 0 aliphatic heterocycles. The predicted molar refractivity (Wildman–Crippen MR) is 94.3 cm³/mol. The highest BCUT2D eigenvalue weighted by molar-refractivity contribution is 6.05. The van der Waals surface area contributed by atoms with Crippen LogP contribution in [-0.2, 0) is 6.54 Å². The van der Waals surface area contributed by atoms with Gasteiger partial charge in [0.05, 0.1) is 0 Å². The van der Waals surface area contributed by atoms with Crippen molar-refractivity contribution in [1.82, 2.24) is 0 Å². The summed E-state index contributed by atoms with van der Waals surface area (Å²) >= 11 is 0. The standard InChI is InChI=1S/C17H20N2O.C2H6/c1-12-4-8-16(9-5-12)19(3)17(20)14-6-7-15(11-18)13(2)10-14;1-2/h4-10H,11,18H2,1-3H3;1-2H3. The normalized spacial score (nSPS) is 9.73. The van der Waals surface area contributed by atoms with Crippen LogP contribution in [0.4, 0.5) is 5.69 Å². The molecule has 0 spiro atoms. The quantitative estimate of drug-likeness (QED) is 0.928. The first-order chi connectivity index (χ1) is 10.5. The number of hydrogen-bond donors (Lipinski definition) is 1. The van der Waals surface area contributed by atoms with Crippen LogP contribution in [-0.4, -0.2) is 13.0 Å². The summed E-state index contributed by atoms with van der Waals surface area (Å²) in [6.07, 6.45) is 0. The number of carbonyl (C=O) groups excluding carboxylic acids is 1. The van der Waals surface area contributed by atoms with Gasteiger partial charge in [-0.3, -0.25) is 4.79 Å². The number of hydrogen-bond acceptors (Lipinski definition) is 2. The molecule has 0 saturated carbocycles. The first-order valence-corrected chi connectivity index (χ1v) is 7.67. The molecule has 0 atom stereocenters. The molecule has 118 valence electrons. The van der Waals surface area contributed by atoms with Crippen molar-refractivity contribution >= 4 is 11.6 Å². The summed E-state index contributed by atoms with van der Waals surface area (Å²) < 4.78 is 0. The second kappa shape index (κ2) is 8.35. The summed E-state index contributed by atoms with van der Waals surface area (Å²) in [5.41, 5.74) is 10.5. The Bertz CT molecular complexity index is 618. The molecule has 0 bridgehead atoms. The van der Waals surface area contributed by atoms with Crippen LogP contribution in [0.15, 0.2) is 42.5 Å². The average molecular weight is 298 g/mol. The number of rotatable bonds is 3. The number of amides is 1. The molecule has 2 N–H and O–H groups in total. The fraction of sp³-hybridized carbons (Fsp3) is 0.316. The molecular formula is C19H26N2O. The third kappa shape index (κ3) is 4.18. The molecule has 22 heavy (non-hydrogen) atoms. The van der Waals surface area contributed by atoms with E-state index in [-0.39, 0.29) is 5.91 Å². The first kappa shape index (κ1) is 17.9. The zero-order valence-electron chi connectivity index (χ0n) is 14.2. The Balaban J connectivity index is 0.00000116. The highest BCUT2D eigenvalue weighted by Gasteiger charge is 2.14. The smallest absolute Gasteiger partial charge is 0.258 e. The van der Waals surface area contributed by atoms with Gasteiger partial charge in [-0.1, -0.05) is 37.6 Å². The first-order valence-electron chi connectivity index (χ1n) is 7.67. The number of nitrogens with zero attached hydrogens (tertiary/aromatic N) is 1. The van der Waals surface area contributed by atoms with Gasteiger partial charge < -0.3 is 10.6 Å². The van der Waals surface area contributed by atoms with Gasteiger partial charge >= 0.3 is 0 Å². The lowest BCUT2D eigenvalue weighted by Gasteiger charge is -2.18. The maximum Gasteiger partial charge on any atom is 0.258 e. The minimum atomic E-state index is -0.0134. The van der Waals surface area contributed by atoms with E-state index in [2.05, 4.69) is 0 Å². The van der Waals surface area contributed by atoms with Crippen LogP contribution >= 0.6 is 0 Å². The van der Waals surface area contributed by atoms with Crippen molar-refractivity contribution in [2.45, 2.75) is 34.2 Å². The number of anilines is 1. The SMILES string of the molecule is CC.Cc1ccc(N(C)C(=O)c2ccc(CN)c(C)c2)cc1. The number of aryl methyl sites for hydroxylation is 2. The van der Waals surface area contributed by atoms with Crippen LogP contribution in [0.2, 0.25) is 0 Å². The van der Waals surface area contributed by atoms with Crippen molar-refractivity contribution in [3.63, 3.8) is 0 Å². The van der Waals surface area contributed by atoms with Crippen molar-refractivity contribution in [3.8, 4) is 0 Å². The van der Waals surface area contributed by atoms with Gasteiger partial charge in [-0.05, 0) is 49.2 Å². The largest absolute Gasteiger partial charge is 0.326 e. The Morgan fingerprint density at radius 1 is 1.05 bits per heavy atom. The van der Waals surface area contributed by atoms with E-state index in [9.17, 15) is 4.79 Å². The molecule has 0 unspecified atom stereocenters. The molecule has 0 aliphatic carbocycles. The van der Waals surface area contributed by atoms with Gasteiger partial charge in [-0.15, -0.1) is 0 Å². The highest BCUT2D eigenvalue weighted by atomic mass is 16.2. The third-order valence-corrected chi connectivity index (χ3v) is 3.54. The topological polar surface area (TPSA) is 46.3 Å². The minimum absolute atomic E-state index is 0.0134. The van der Waals surface area contributed by atoms with Gasteiger partial charge in [0, 0.05) is 24.8 Å². The Hall–Kier alpha value is -2.13. The van der Waals surface area contributed by atoms with Gasteiger partial charge in [0.2, 0.25) is 0 Å². The average Bonchev–Trinajstić information content (AvgIpc) is 2.56. The lowest BCUT2D eigenvalue weighted by molar-refractivity contribution is 0.0993. The number of carbonyl (C=O) groups is 1. The van der Waals surface area contributed by atoms with E-state index >= 15 is 0 Å². The maximum atomic E-state index is 12.5. The molecule has 0 aliphatic rings. The van der Waals surface area contributed by atoms with E-state index in [1.165, 1.54) is 5.56 Å². The van der Waals surface area contributed by atoms with Crippen molar-refractivity contribution in [1.29, 1.82) is 0 Å². The fourth-order valence-electron chi connectivity index (χ4n) is 2.14. The second-order valence-corrected chi connectivity index (χ2v) is 5.05. The predicted octanol–water partition coefficient (Wildman–Crippen LogP) is 4.06. The Kier molecular flexibility index (Phi) is 6.80. The van der Waals surface area contributed by atoms with E-state index in [0.717, 1.165) is 16.8 Å². The Morgan fingerprint density at radius 2 is 1.64 bits per heavy atom. The van der Waals surface area contributed by atoms with Gasteiger partial charge in [0.1, 0.15) is 0 Å². The van der Waals surface area contributed by atoms with E-state index in [4.69, 9.17) is 5.73 Å². The van der Waals surface area contributed by atoms with Crippen LogP contribution in [0, 0.1) is 13.8 Å². The molecule has 0 heterocycles. The summed E-state index contributed by atoms with van der Waals surface area (Å²) in [4.78, 5) is 14.1. The molecule has 3 heteroatoms. The Morgan fingerprint density at radius 3 is 2.14 bits per heavy atom. The molecule has 2 aromatic carbocycles. The molecule has 2 rings (SSSR count). The van der Waals surface area contributed by atoms with Gasteiger partial charge in [0.25, 0.3) is 5.91 Å². The van der Waals surface area contributed by atoms with Crippen molar-refractivity contribution < 1.29 is 4.79 Å². The van der Waals surface area contributed by atoms with Crippen LogP contribution in [0.5, 0.6) is 0 Å². The van der Waals surface area contributed by atoms with E-state index in [1.807, 2.05) is 70.2 Å². The van der Waals surface area contributed by atoms with E-state index in [0.29, 0.717) is 12.1 Å². The lowest BCUT2D eigenvalue weighted by Crippen LogP contribution is -2.26. The fourth-order valence-corrected chi connectivity index (χ4v) is 2.14. The molecule has 0 aromatic heterocycles. The minimum Gasteiger partial charge on any atom is -0.326 e. The van der Waals surface area contributed by atoms with E-state index < -0.39 is 0 Å². The zero-order valence-corrected chi connectivity index (χ0v) is 14.2. The molecule has 0 radical (unpaired) electrons. The highest BCUT2D eigenvalue weighted by Crippen LogP contribution is 2.18.